The minimum atomic E-state index is 0.0578. The van der Waals surface area contributed by atoms with E-state index in [-0.39, 0.29) is 23.3 Å². The number of fused-ring (bicyclic) bond motifs is 12. The van der Waals surface area contributed by atoms with Crippen molar-refractivity contribution in [1.82, 2.24) is 0 Å². The Labute approximate surface area is 336 Å². The van der Waals surface area contributed by atoms with E-state index in [0.29, 0.717) is 0 Å². The first kappa shape index (κ1) is 35.7. The molecule has 8 aromatic rings. The first-order valence-corrected chi connectivity index (χ1v) is 19.3. The summed E-state index contributed by atoms with van der Waals surface area (Å²) in [5, 5.41) is 0. The van der Waals surface area contributed by atoms with Crippen LogP contribution in [0.3, 0.4) is 0 Å². The molecule has 0 fully saturated rings. The fourth-order valence-corrected chi connectivity index (χ4v) is 8.78. The monoisotopic (exact) mass is 704 g/mol. The molecule has 0 atom stereocenters. The normalized spacial score (nSPS) is 13.7. The summed E-state index contributed by atoms with van der Waals surface area (Å²) >= 11 is 0. The summed E-state index contributed by atoms with van der Waals surface area (Å²) in [6, 6.07) is 66.9. The van der Waals surface area contributed by atoms with Gasteiger partial charge in [-0.15, -0.1) is 0 Å². The van der Waals surface area contributed by atoms with E-state index < -0.39 is 0 Å². The first-order valence-electron chi connectivity index (χ1n) is 19.3. The lowest BCUT2D eigenvalue weighted by Gasteiger charge is -2.04. The Hall–Kier alpha value is -5.98. The van der Waals surface area contributed by atoms with Gasteiger partial charge in [0, 0.05) is 0 Å². The molecule has 0 nitrogen and oxygen atoms in total. The molecule has 0 bridgehead atoms. The van der Waals surface area contributed by atoms with Crippen LogP contribution in [-0.2, 0) is 0 Å². The SMILES string of the molecule is [B]C1c2ccccc2-c2ccccc21.[B]C1c2ccccc2-c2ccccc21.[B]C1c2ccccc2-c2ccccc21.[B]C1c2ccccc2-c2ccccc21. The fourth-order valence-electron chi connectivity index (χ4n) is 8.78. The summed E-state index contributed by atoms with van der Waals surface area (Å²) in [4.78, 5) is 0. The van der Waals surface area contributed by atoms with Crippen molar-refractivity contribution in [2.45, 2.75) is 23.3 Å². The van der Waals surface area contributed by atoms with Gasteiger partial charge in [0.25, 0.3) is 0 Å². The second kappa shape index (κ2) is 15.3. The molecule has 0 N–H and O–H groups in total. The molecule has 0 saturated carbocycles. The Bertz CT molecular complexity index is 2140. The quantitative estimate of drug-likeness (QED) is 0.138. The van der Waals surface area contributed by atoms with Crippen LogP contribution < -0.4 is 0 Å². The first-order chi connectivity index (χ1) is 27.5. The van der Waals surface area contributed by atoms with Crippen molar-refractivity contribution in [2.24, 2.45) is 0 Å². The molecule has 4 heteroatoms. The van der Waals surface area contributed by atoms with Gasteiger partial charge >= 0.3 is 0 Å². The summed E-state index contributed by atoms with van der Waals surface area (Å²) in [6.07, 6.45) is 0. The molecule has 8 aromatic carbocycles. The third kappa shape index (κ3) is 6.28. The smallest absolute Gasteiger partial charge is 0.0620 e. The van der Waals surface area contributed by atoms with Crippen LogP contribution in [0.1, 0.15) is 67.8 Å². The van der Waals surface area contributed by atoms with E-state index >= 15 is 0 Å². The maximum atomic E-state index is 6.16. The standard InChI is InChI=1S/4C13H9B/c4*14-13-11-7-3-1-5-9(11)10-6-2-4-8-12(10)13/h4*1-8,13H. The van der Waals surface area contributed by atoms with Gasteiger partial charge in [-0.25, -0.2) is 0 Å². The van der Waals surface area contributed by atoms with Crippen LogP contribution in [0.4, 0.5) is 0 Å². The zero-order valence-corrected chi connectivity index (χ0v) is 31.1. The van der Waals surface area contributed by atoms with E-state index in [2.05, 4.69) is 146 Å². The predicted molar refractivity (Wildman–Crippen MR) is 238 cm³/mol. The van der Waals surface area contributed by atoms with Crippen LogP contribution in [0.5, 0.6) is 0 Å². The van der Waals surface area contributed by atoms with Crippen LogP contribution in [0.2, 0.25) is 0 Å². The van der Waals surface area contributed by atoms with E-state index in [9.17, 15) is 0 Å². The Kier molecular flexibility index (Phi) is 9.74. The van der Waals surface area contributed by atoms with Gasteiger partial charge in [0.15, 0.2) is 0 Å². The predicted octanol–water partition coefficient (Wildman–Crippen LogP) is 11.7. The highest BCUT2D eigenvalue weighted by atomic mass is 14.3. The van der Waals surface area contributed by atoms with Crippen LogP contribution in [0, 0.1) is 0 Å². The summed E-state index contributed by atoms with van der Waals surface area (Å²) in [5.41, 5.74) is 20.3. The second-order valence-electron chi connectivity index (χ2n) is 14.6. The third-order valence-electron chi connectivity index (χ3n) is 11.5. The van der Waals surface area contributed by atoms with E-state index in [4.69, 9.17) is 31.4 Å². The largest absolute Gasteiger partial charge is 0.0828 e. The maximum absolute atomic E-state index is 6.16. The van der Waals surface area contributed by atoms with E-state index in [1.165, 1.54) is 89.0 Å². The Morgan fingerprint density at radius 3 is 0.411 bits per heavy atom. The highest BCUT2D eigenvalue weighted by molar-refractivity contribution is 6.19. The molecule has 0 saturated heterocycles. The van der Waals surface area contributed by atoms with Crippen molar-refractivity contribution in [3.8, 4) is 44.5 Å². The van der Waals surface area contributed by atoms with Crippen LogP contribution >= 0.6 is 0 Å². The molecule has 4 aliphatic carbocycles. The average Bonchev–Trinajstić information content (AvgIpc) is 3.94. The maximum Gasteiger partial charge on any atom is 0.0828 e. The Morgan fingerprint density at radius 1 is 0.179 bits per heavy atom. The van der Waals surface area contributed by atoms with Crippen molar-refractivity contribution < 1.29 is 0 Å². The van der Waals surface area contributed by atoms with Gasteiger partial charge in [-0.05, 0) is 112 Å². The third-order valence-corrected chi connectivity index (χ3v) is 11.5. The molecule has 0 aliphatic heterocycles. The highest BCUT2D eigenvalue weighted by Crippen LogP contribution is 2.45. The van der Waals surface area contributed by atoms with E-state index in [1.54, 1.807) is 0 Å². The van der Waals surface area contributed by atoms with Crippen LogP contribution in [0.15, 0.2) is 194 Å². The molecule has 0 aromatic heterocycles. The van der Waals surface area contributed by atoms with Gasteiger partial charge in [0.1, 0.15) is 0 Å². The van der Waals surface area contributed by atoms with Gasteiger partial charge in [-0.3, -0.25) is 0 Å². The van der Waals surface area contributed by atoms with Crippen molar-refractivity contribution in [3.05, 3.63) is 239 Å². The summed E-state index contributed by atoms with van der Waals surface area (Å²) in [7, 11) is 24.6. The molecular weight excluding hydrogens is 668 g/mol. The summed E-state index contributed by atoms with van der Waals surface area (Å²) in [5.74, 6) is 0.231. The van der Waals surface area contributed by atoms with Gasteiger partial charge in [0.2, 0.25) is 0 Å². The molecule has 0 spiro atoms. The zero-order chi connectivity index (χ0) is 38.2. The lowest BCUT2D eigenvalue weighted by Crippen LogP contribution is -1.93. The van der Waals surface area contributed by atoms with Crippen LogP contribution in [-0.4, -0.2) is 31.4 Å². The summed E-state index contributed by atoms with van der Waals surface area (Å²) < 4.78 is 0. The van der Waals surface area contributed by atoms with Gasteiger partial charge in [0.05, 0.1) is 31.4 Å². The van der Waals surface area contributed by atoms with E-state index in [0.717, 1.165) is 0 Å². The molecule has 12 rings (SSSR count). The Balaban J connectivity index is 0.0000000975. The number of hydrogen-bond acceptors (Lipinski definition) is 0. The van der Waals surface area contributed by atoms with E-state index in [1.807, 2.05) is 48.5 Å². The molecule has 4 aliphatic rings. The van der Waals surface area contributed by atoms with Gasteiger partial charge in [-0.2, -0.15) is 0 Å². The zero-order valence-electron chi connectivity index (χ0n) is 31.1. The minimum Gasteiger partial charge on any atom is -0.0620 e. The fraction of sp³-hybridized carbons (Fsp3) is 0.0769. The van der Waals surface area contributed by atoms with Crippen molar-refractivity contribution >= 4 is 31.4 Å². The molecule has 0 amide bonds. The van der Waals surface area contributed by atoms with Crippen molar-refractivity contribution in [2.75, 3.05) is 0 Å². The lowest BCUT2D eigenvalue weighted by molar-refractivity contribution is 1.20. The lowest BCUT2D eigenvalue weighted by atomic mass is 9.79. The van der Waals surface area contributed by atoms with Crippen molar-refractivity contribution in [1.29, 1.82) is 0 Å². The molecule has 0 unspecified atom stereocenters. The number of rotatable bonds is 0. The average molecular weight is 704 g/mol. The Morgan fingerprint density at radius 2 is 0.286 bits per heavy atom. The van der Waals surface area contributed by atoms with Gasteiger partial charge < -0.3 is 0 Å². The highest BCUT2D eigenvalue weighted by Gasteiger charge is 2.26. The molecular formula is C52H36B4. The van der Waals surface area contributed by atoms with Crippen molar-refractivity contribution in [3.63, 3.8) is 0 Å². The number of benzene rings is 8. The molecule has 56 heavy (non-hydrogen) atoms. The van der Waals surface area contributed by atoms with Gasteiger partial charge in [-0.1, -0.05) is 194 Å². The summed E-state index contributed by atoms with van der Waals surface area (Å²) in [6.45, 7) is 0. The second-order valence-corrected chi connectivity index (χ2v) is 14.6. The molecule has 256 valence electrons. The molecule has 0 heterocycles. The topological polar surface area (TPSA) is 0 Å². The molecule has 8 radical (unpaired) electrons. The minimum absolute atomic E-state index is 0.0578. The van der Waals surface area contributed by atoms with Crippen LogP contribution in [0.25, 0.3) is 44.5 Å². The number of hydrogen-bond donors (Lipinski definition) is 0.